The molecule has 3 rings (SSSR count). The van der Waals surface area contributed by atoms with Gasteiger partial charge in [-0.25, -0.2) is 4.99 Å². The largest absolute Gasteiger partial charge is 0.394 e. The lowest BCUT2D eigenvalue weighted by molar-refractivity contribution is -0.546. The molecule has 19 nitrogen and oxygen atoms in total. The van der Waals surface area contributed by atoms with Gasteiger partial charge in [0.05, 0.1) is 18.8 Å². The van der Waals surface area contributed by atoms with Gasteiger partial charge in [-0.1, -0.05) is 0 Å². The number of hydrogen-bond acceptors (Lipinski definition) is 14. The van der Waals surface area contributed by atoms with Crippen LogP contribution in [0.5, 0.6) is 0 Å². The number of ether oxygens (including phenoxy) is 4. The summed E-state index contributed by atoms with van der Waals surface area (Å²) in [5.74, 6) is -0.895. The number of guanidine groups is 2. The fraction of sp³-hybridized carbons (Fsp3) is 0.857. The van der Waals surface area contributed by atoms with E-state index in [0.717, 1.165) is 0 Å². The van der Waals surface area contributed by atoms with Crippen molar-refractivity contribution < 1.29 is 64.5 Å². The molecule has 0 radical (unpaired) electrons. The van der Waals surface area contributed by atoms with E-state index in [2.05, 4.69) is 15.3 Å². The second-order valence-corrected chi connectivity index (χ2v) is 9.97. The number of aliphatic hydroxyl groups is 7. The standard InChI is InChI=1S/C21H39N7O12/c1-5-21(36,4-30)16(40-17-9(26-2)13(34)10(31)6(3-29)38-17)18(37-5)39-15-8(28-20(24)25)11(32)7(27-19(22)23)12(33)14(15)35/h4-18,26,29,31-36H,3H2,1-2H3,(H4,22,23,27)(H4,24,25,28)/p+1/t5-,6-,7+,8-,9-,10-,11+,12-,13-,14+,15+,16-,17-,18-,21+/m0/s1. The van der Waals surface area contributed by atoms with Gasteiger partial charge in [0.15, 0.2) is 30.4 Å². The number of nitrogens with two attached hydrogens (primary N) is 4. The Bertz CT molecular complexity index is 940. The SMILES string of the molecule is CN[C@@H]1[C@H](O[C@H]2[C@H](O[C@H]3[C@H](O)[C@@H](O)[C@H](N=C(N)N)[C@@H](O)[C@@H]3[NH+]=C(N)N)O[C@@H](C)[C@]2(O)C=O)O[C@@H](CO)[C@H](O)[C@H]1O. The Kier molecular flexibility index (Phi) is 10.2. The quantitative estimate of drug-likeness (QED) is 0.0681. The fourth-order valence-corrected chi connectivity index (χ4v) is 5.14. The molecule has 15 atom stereocenters. The van der Waals surface area contributed by atoms with E-state index in [1.807, 2.05) is 0 Å². The fourth-order valence-electron chi connectivity index (χ4n) is 5.14. The number of carbonyl (C=O) groups is 1. The van der Waals surface area contributed by atoms with Gasteiger partial charge in [0, 0.05) is 0 Å². The summed E-state index contributed by atoms with van der Waals surface area (Å²) >= 11 is 0. The van der Waals surface area contributed by atoms with Crippen molar-refractivity contribution in [2.75, 3.05) is 13.7 Å². The van der Waals surface area contributed by atoms with Crippen LogP contribution in [0.4, 0.5) is 0 Å². The Balaban J connectivity index is 1.96. The van der Waals surface area contributed by atoms with Crippen molar-refractivity contribution in [1.82, 2.24) is 5.32 Å². The molecule has 2 heterocycles. The van der Waals surface area contributed by atoms with Gasteiger partial charge in [0.1, 0.15) is 60.9 Å². The molecular formula is C21H40N7O12+. The van der Waals surface area contributed by atoms with E-state index in [1.165, 1.54) is 14.0 Å². The van der Waals surface area contributed by atoms with E-state index in [0.29, 0.717) is 0 Å². The highest BCUT2D eigenvalue weighted by Gasteiger charge is 2.61. The molecule has 0 bridgehead atoms. The number of rotatable bonds is 9. The highest BCUT2D eigenvalue weighted by molar-refractivity contribution is 5.76. The zero-order chi connectivity index (χ0) is 30.1. The summed E-state index contributed by atoms with van der Waals surface area (Å²) in [5, 5.41) is 76.7. The van der Waals surface area contributed by atoms with Crippen LogP contribution in [-0.4, -0.2) is 159 Å². The summed E-state index contributed by atoms with van der Waals surface area (Å²) in [6, 6.07) is -3.92. The Morgan fingerprint density at radius 1 is 1.00 bits per heavy atom. The van der Waals surface area contributed by atoms with Gasteiger partial charge in [-0.05, 0) is 14.0 Å². The second-order valence-electron chi connectivity index (χ2n) is 9.97. The molecule has 3 fully saturated rings. The number of likely N-dealkylation sites (N-methyl/N-ethyl adjacent to an activating group) is 1. The first-order chi connectivity index (χ1) is 18.7. The summed E-state index contributed by atoms with van der Waals surface area (Å²) in [4.78, 5) is 18.3. The zero-order valence-corrected chi connectivity index (χ0v) is 21.8. The number of hydrogen-bond donors (Lipinski definition) is 13. The summed E-state index contributed by atoms with van der Waals surface area (Å²) < 4.78 is 23.0. The highest BCUT2D eigenvalue weighted by Crippen LogP contribution is 2.37. The second kappa shape index (κ2) is 12.7. The predicted molar refractivity (Wildman–Crippen MR) is 131 cm³/mol. The lowest BCUT2D eigenvalue weighted by Gasteiger charge is -2.45. The van der Waals surface area contributed by atoms with Crippen molar-refractivity contribution in [3.8, 4) is 0 Å². The molecule has 40 heavy (non-hydrogen) atoms. The molecule has 3 aliphatic rings. The lowest BCUT2D eigenvalue weighted by Crippen LogP contribution is -2.93. The van der Waals surface area contributed by atoms with Crippen molar-refractivity contribution in [1.29, 1.82) is 0 Å². The zero-order valence-electron chi connectivity index (χ0n) is 21.8. The molecule has 0 aromatic carbocycles. The Hall–Kier alpha value is -2.27. The van der Waals surface area contributed by atoms with Crippen molar-refractivity contribution in [3.05, 3.63) is 0 Å². The van der Waals surface area contributed by atoms with E-state index < -0.39 is 110 Å². The summed E-state index contributed by atoms with van der Waals surface area (Å²) in [5.41, 5.74) is 19.5. The molecule has 2 saturated heterocycles. The van der Waals surface area contributed by atoms with Crippen LogP contribution in [0.15, 0.2) is 4.99 Å². The van der Waals surface area contributed by atoms with Crippen molar-refractivity contribution >= 4 is 18.2 Å². The van der Waals surface area contributed by atoms with Gasteiger partial charge in [0.2, 0.25) is 0 Å². The predicted octanol–water partition coefficient (Wildman–Crippen LogP) is -10.1. The van der Waals surface area contributed by atoms with Crippen LogP contribution in [0, 0.1) is 0 Å². The minimum atomic E-state index is -2.37. The number of nitrogens with one attached hydrogen (secondary N) is 2. The molecule has 0 aromatic heterocycles. The number of aliphatic hydroxyl groups excluding tert-OH is 6. The Morgan fingerprint density at radius 3 is 2.17 bits per heavy atom. The van der Waals surface area contributed by atoms with Gasteiger partial charge in [0.25, 0.3) is 0 Å². The van der Waals surface area contributed by atoms with E-state index in [1.54, 1.807) is 0 Å². The maximum absolute atomic E-state index is 12.1. The third kappa shape index (κ3) is 6.00. The molecule has 0 unspecified atom stereocenters. The summed E-state index contributed by atoms with van der Waals surface area (Å²) in [7, 11) is 1.42. The topological polar surface area (TPSA) is 338 Å². The van der Waals surface area contributed by atoms with Crippen molar-refractivity contribution in [2.24, 2.45) is 27.9 Å². The Morgan fingerprint density at radius 2 is 1.65 bits per heavy atom. The van der Waals surface area contributed by atoms with Gasteiger partial charge in [-0.15, -0.1) is 0 Å². The van der Waals surface area contributed by atoms with Gasteiger partial charge >= 0.3 is 5.96 Å². The highest BCUT2D eigenvalue weighted by atomic mass is 16.8. The molecule has 2 aliphatic heterocycles. The number of carbonyl (C=O) groups excluding carboxylic acids is 1. The van der Waals surface area contributed by atoms with E-state index in [9.17, 15) is 40.5 Å². The number of aldehydes is 1. The first-order valence-electron chi connectivity index (χ1n) is 12.4. The average Bonchev–Trinajstić information content (AvgIpc) is 3.13. The van der Waals surface area contributed by atoms with Crippen LogP contribution >= 0.6 is 0 Å². The van der Waals surface area contributed by atoms with Crippen LogP contribution < -0.4 is 33.2 Å². The lowest BCUT2D eigenvalue weighted by atomic mass is 9.81. The van der Waals surface area contributed by atoms with E-state index in [-0.39, 0.29) is 6.29 Å². The van der Waals surface area contributed by atoms with Crippen LogP contribution in [-0.2, 0) is 23.7 Å². The maximum atomic E-state index is 12.1. The van der Waals surface area contributed by atoms with E-state index in [4.69, 9.17) is 41.9 Å². The monoisotopic (exact) mass is 582 g/mol. The van der Waals surface area contributed by atoms with Crippen molar-refractivity contribution in [2.45, 2.75) is 98.2 Å². The Labute approximate surface area is 228 Å². The van der Waals surface area contributed by atoms with E-state index >= 15 is 0 Å². The molecule has 0 spiro atoms. The van der Waals surface area contributed by atoms with Gasteiger partial charge in [-0.3, -0.25) is 21.3 Å². The van der Waals surface area contributed by atoms with Gasteiger partial charge in [-0.2, -0.15) is 0 Å². The van der Waals surface area contributed by atoms with Crippen LogP contribution in [0.3, 0.4) is 0 Å². The maximum Gasteiger partial charge on any atom is 0.339 e. The van der Waals surface area contributed by atoms with Crippen LogP contribution in [0.1, 0.15) is 6.92 Å². The smallest absolute Gasteiger partial charge is 0.339 e. The first-order valence-corrected chi connectivity index (χ1v) is 12.4. The number of nitrogens with zero attached hydrogens (tertiary/aromatic N) is 1. The number of aliphatic imine (C=N–C) groups is 1. The van der Waals surface area contributed by atoms with Crippen LogP contribution in [0.25, 0.3) is 0 Å². The summed E-state index contributed by atoms with van der Waals surface area (Å²) in [6.45, 7) is 0.632. The minimum Gasteiger partial charge on any atom is -0.394 e. The molecule has 19 heteroatoms. The third-order valence-corrected chi connectivity index (χ3v) is 7.41. The molecule has 230 valence electrons. The van der Waals surface area contributed by atoms with Crippen LogP contribution in [0.2, 0.25) is 0 Å². The summed E-state index contributed by atoms with van der Waals surface area (Å²) in [6.07, 6.45) is -17.1. The molecule has 1 aliphatic carbocycles. The first kappa shape index (κ1) is 32.2. The molecule has 1 saturated carbocycles. The molecule has 0 amide bonds. The minimum absolute atomic E-state index is 0.148. The third-order valence-electron chi connectivity index (χ3n) is 7.41. The van der Waals surface area contributed by atoms with Crippen molar-refractivity contribution in [3.63, 3.8) is 0 Å². The molecular weight excluding hydrogens is 542 g/mol. The normalized spacial score (nSPS) is 47.4. The van der Waals surface area contributed by atoms with Gasteiger partial charge < -0.3 is 71.5 Å². The molecule has 0 aromatic rings. The average molecular weight is 583 g/mol. The molecule has 17 N–H and O–H groups in total.